The van der Waals surface area contributed by atoms with Crippen LogP contribution in [0.15, 0.2) is 6.33 Å². The summed E-state index contributed by atoms with van der Waals surface area (Å²) in [4.78, 5) is 15.7. The number of hydrogen-bond acceptors (Lipinski definition) is 10. The standard InChI is InChI=1S/C25H44N6O5Si2/c1-14(2)37(15(3)4)33-12-18-21(35-38(36-37,16(5)6)17(7)8)20(32)24(34-18)31-13-27-19-22(30-10-9-11-30)28-25(26)29-23(19)31/h13-18,20-21,24,32H,9-12H2,1-8H3,(H2,26,28,29). The maximum absolute atomic E-state index is 11.7. The van der Waals surface area contributed by atoms with Crippen LogP contribution >= 0.6 is 0 Å². The second-order valence-corrected chi connectivity index (χ2v) is 21.0. The van der Waals surface area contributed by atoms with E-state index in [2.05, 4.69) is 75.2 Å². The van der Waals surface area contributed by atoms with E-state index in [4.69, 9.17) is 23.4 Å². The van der Waals surface area contributed by atoms with E-state index in [0.717, 1.165) is 25.3 Å². The van der Waals surface area contributed by atoms with Crippen LogP contribution in [0.4, 0.5) is 11.8 Å². The highest BCUT2D eigenvalue weighted by Gasteiger charge is 2.61. The number of anilines is 2. The molecule has 0 aromatic carbocycles. The molecule has 13 heteroatoms. The Balaban J connectivity index is 1.55. The molecule has 0 bridgehead atoms. The number of aromatic nitrogens is 4. The Hall–Kier alpha value is -1.62. The lowest BCUT2D eigenvalue weighted by atomic mass is 10.1. The zero-order valence-electron chi connectivity index (χ0n) is 23.9. The van der Waals surface area contributed by atoms with Crippen molar-refractivity contribution in [3.63, 3.8) is 0 Å². The molecule has 0 saturated carbocycles. The average molecular weight is 565 g/mol. The molecule has 4 atom stereocenters. The molecule has 0 radical (unpaired) electrons. The monoisotopic (exact) mass is 564 g/mol. The molecule has 3 aliphatic heterocycles. The molecule has 2 aromatic rings. The van der Waals surface area contributed by atoms with Crippen LogP contribution in [0.1, 0.15) is 68.0 Å². The molecular formula is C25H44N6O5Si2. The summed E-state index contributed by atoms with van der Waals surface area (Å²) in [7, 11) is -5.59. The molecule has 2 aromatic heterocycles. The van der Waals surface area contributed by atoms with Gasteiger partial charge in [0.2, 0.25) is 5.95 Å². The van der Waals surface area contributed by atoms with Crippen LogP contribution in [-0.2, 0) is 17.7 Å². The molecule has 212 valence electrons. The van der Waals surface area contributed by atoms with Gasteiger partial charge in [-0.2, -0.15) is 9.97 Å². The molecule has 4 unspecified atom stereocenters. The number of hydrogen-bond donors (Lipinski definition) is 2. The fraction of sp³-hybridized carbons (Fsp3) is 0.800. The molecule has 0 amide bonds. The summed E-state index contributed by atoms with van der Waals surface area (Å²) in [6.45, 7) is 19.5. The zero-order valence-corrected chi connectivity index (χ0v) is 25.9. The van der Waals surface area contributed by atoms with Crippen molar-refractivity contribution in [2.45, 2.75) is 109 Å². The first-order chi connectivity index (χ1) is 17.9. The number of ether oxygens (including phenoxy) is 1. The Morgan fingerprint density at radius 3 is 2.16 bits per heavy atom. The number of fused-ring (bicyclic) bond motifs is 2. The van der Waals surface area contributed by atoms with Crippen molar-refractivity contribution in [3.05, 3.63) is 6.33 Å². The molecule has 3 N–H and O–H groups in total. The molecule has 5 heterocycles. The van der Waals surface area contributed by atoms with Gasteiger partial charge in [0.15, 0.2) is 23.2 Å². The number of nitrogens with two attached hydrogens (primary N) is 1. The first-order valence-corrected chi connectivity index (χ1v) is 18.0. The number of nitrogen functional groups attached to an aromatic ring is 1. The third kappa shape index (κ3) is 4.30. The highest BCUT2D eigenvalue weighted by atomic mass is 28.5. The van der Waals surface area contributed by atoms with Crippen molar-refractivity contribution >= 4 is 40.1 Å². The highest BCUT2D eigenvalue weighted by Crippen LogP contribution is 2.48. The fourth-order valence-electron chi connectivity index (χ4n) is 6.22. The third-order valence-corrected chi connectivity index (χ3v) is 18.7. The number of aliphatic hydroxyl groups is 1. The number of imidazole rings is 1. The average Bonchev–Trinajstić information content (AvgIpc) is 3.32. The van der Waals surface area contributed by atoms with Crippen LogP contribution in [0.5, 0.6) is 0 Å². The van der Waals surface area contributed by atoms with Gasteiger partial charge in [-0.15, -0.1) is 0 Å². The van der Waals surface area contributed by atoms with Gasteiger partial charge >= 0.3 is 17.1 Å². The summed E-state index contributed by atoms with van der Waals surface area (Å²) < 4.78 is 29.4. The van der Waals surface area contributed by atoms with Crippen molar-refractivity contribution in [3.8, 4) is 0 Å². The van der Waals surface area contributed by atoms with Gasteiger partial charge in [0.05, 0.1) is 12.9 Å². The lowest BCUT2D eigenvalue weighted by molar-refractivity contribution is -0.0570. The van der Waals surface area contributed by atoms with E-state index in [1.807, 2.05) is 0 Å². The number of nitrogens with zero attached hydrogens (tertiary/aromatic N) is 5. The highest BCUT2D eigenvalue weighted by molar-refractivity contribution is 6.84. The Morgan fingerprint density at radius 2 is 1.61 bits per heavy atom. The van der Waals surface area contributed by atoms with Gasteiger partial charge in [-0.3, -0.25) is 4.57 Å². The van der Waals surface area contributed by atoms with E-state index in [1.165, 1.54) is 0 Å². The summed E-state index contributed by atoms with van der Waals surface area (Å²) in [6.07, 6.45) is -0.0222. The quantitative estimate of drug-likeness (QED) is 0.499. The van der Waals surface area contributed by atoms with Crippen LogP contribution in [0.3, 0.4) is 0 Å². The zero-order chi connectivity index (χ0) is 27.6. The summed E-state index contributed by atoms with van der Waals surface area (Å²) in [5.74, 6) is 0.892. The normalized spacial score (nSPS) is 29.2. The Bertz CT molecular complexity index is 1140. The van der Waals surface area contributed by atoms with Gasteiger partial charge in [-0.1, -0.05) is 55.4 Å². The topological polar surface area (TPSA) is 130 Å². The van der Waals surface area contributed by atoms with Crippen LogP contribution in [0.2, 0.25) is 22.2 Å². The minimum absolute atomic E-state index is 0.154. The summed E-state index contributed by atoms with van der Waals surface area (Å²) >= 11 is 0. The first-order valence-electron chi connectivity index (χ1n) is 14.0. The SMILES string of the molecule is CC(C)[Si]1(C(C)C)OCC2OC(n3cnc4c(N5CCC5)nc(N)nc43)C(O)C2O[Si](C(C)C)(C(C)C)O1. The minimum Gasteiger partial charge on any atom is -0.414 e. The number of rotatable bonds is 6. The molecule has 0 aliphatic carbocycles. The molecule has 3 fully saturated rings. The predicted octanol–water partition coefficient (Wildman–Crippen LogP) is 3.83. The summed E-state index contributed by atoms with van der Waals surface area (Å²) in [6, 6.07) is 0. The summed E-state index contributed by atoms with van der Waals surface area (Å²) in [5.41, 5.74) is 8.06. The molecule has 3 saturated heterocycles. The van der Waals surface area contributed by atoms with Crippen LogP contribution in [0.25, 0.3) is 11.2 Å². The molecule has 38 heavy (non-hydrogen) atoms. The third-order valence-electron chi connectivity index (χ3n) is 8.49. The first kappa shape index (κ1) is 27.9. The second-order valence-electron chi connectivity index (χ2n) is 12.2. The van der Waals surface area contributed by atoms with Crippen molar-refractivity contribution in [1.82, 2.24) is 19.5 Å². The van der Waals surface area contributed by atoms with E-state index in [0.29, 0.717) is 17.8 Å². The van der Waals surface area contributed by atoms with E-state index < -0.39 is 41.7 Å². The van der Waals surface area contributed by atoms with Crippen LogP contribution in [-0.4, -0.2) is 79.8 Å². The molecule has 11 nitrogen and oxygen atoms in total. The van der Waals surface area contributed by atoms with Crippen LogP contribution < -0.4 is 10.6 Å². The molecular weight excluding hydrogens is 520 g/mol. The molecule has 0 spiro atoms. The van der Waals surface area contributed by atoms with Crippen LogP contribution in [0, 0.1) is 0 Å². The van der Waals surface area contributed by atoms with Crippen molar-refractivity contribution < 1.29 is 22.8 Å². The lowest BCUT2D eigenvalue weighted by Gasteiger charge is -2.51. The van der Waals surface area contributed by atoms with E-state index in [-0.39, 0.29) is 28.1 Å². The maximum Gasteiger partial charge on any atom is 0.335 e. The van der Waals surface area contributed by atoms with Gasteiger partial charge < -0.3 is 33.4 Å². The Labute approximate surface area is 227 Å². The number of aliphatic hydroxyl groups excluding tert-OH is 1. The summed E-state index contributed by atoms with van der Waals surface area (Å²) in [5, 5.41) is 11.7. The predicted molar refractivity (Wildman–Crippen MR) is 150 cm³/mol. The molecule has 3 aliphatic rings. The van der Waals surface area contributed by atoms with Gasteiger partial charge in [0.1, 0.15) is 18.3 Å². The largest absolute Gasteiger partial charge is 0.414 e. The Morgan fingerprint density at radius 1 is 0.974 bits per heavy atom. The second kappa shape index (κ2) is 10.1. The van der Waals surface area contributed by atoms with Gasteiger partial charge in [-0.25, -0.2) is 4.98 Å². The molecule has 5 rings (SSSR count). The van der Waals surface area contributed by atoms with E-state index in [1.54, 1.807) is 10.9 Å². The fourth-order valence-corrected chi connectivity index (χ4v) is 17.4. The lowest BCUT2D eigenvalue weighted by Crippen LogP contribution is -2.65. The van der Waals surface area contributed by atoms with Crippen molar-refractivity contribution in [2.24, 2.45) is 0 Å². The Kier molecular flexibility index (Phi) is 7.42. The maximum atomic E-state index is 11.7. The van der Waals surface area contributed by atoms with Gasteiger partial charge in [0, 0.05) is 13.1 Å². The van der Waals surface area contributed by atoms with Crippen molar-refractivity contribution in [1.29, 1.82) is 0 Å². The van der Waals surface area contributed by atoms with E-state index in [9.17, 15) is 5.11 Å². The van der Waals surface area contributed by atoms with Crippen molar-refractivity contribution in [2.75, 3.05) is 30.3 Å². The van der Waals surface area contributed by atoms with Gasteiger partial charge in [-0.05, 0) is 28.6 Å². The minimum atomic E-state index is -2.89. The van der Waals surface area contributed by atoms with Gasteiger partial charge in [0.25, 0.3) is 0 Å². The van der Waals surface area contributed by atoms with E-state index >= 15 is 0 Å². The smallest absolute Gasteiger partial charge is 0.335 e.